The molecule has 0 radical (unpaired) electrons. The third-order valence-corrected chi connectivity index (χ3v) is 3.52. The SMILES string of the molecule is C=CCOc1c(I)cc(C=C(C#N)C#N)cc1I. The monoisotopic (exact) mass is 462 g/mol. The Bertz CT molecular complexity index is 541. The summed E-state index contributed by atoms with van der Waals surface area (Å²) < 4.78 is 7.41. The Morgan fingerprint density at radius 1 is 1.28 bits per heavy atom. The van der Waals surface area contributed by atoms with Crippen LogP contribution in [0.4, 0.5) is 0 Å². The fraction of sp³-hybridized carbons (Fsp3) is 0.0769. The third-order valence-electron chi connectivity index (χ3n) is 1.92. The first-order valence-electron chi connectivity index (χ1n) is 4.87. The van der Waals surface area contributed by atoms with Crippen molar-refractivity contribution >= 4 is 51.3 Å². The molecule has 0 unspecified atom stereocenters. The van der Waals surface area contributed by atoms with Gasteiger partial charge < -0.3 is 4.74 Å². The highest BCUT2D eigenvalue weighted by Gasteiger charge is 2.08. The fourth-order valence-electron chi connectivity index (χ4n) is 1.20. The molecule has 90 valence electrons. The van der Waals surface area contributed by atoms with E-state index in [1.54, 1.807) is 12.2 Å². The van der Waals surface area contributed by atoms with Gasteiger partial charge in [0.05, 0.1) is 7.14 Å². The zero-order valence-corrected chi connectivity index (χ0v) is 13.6. The van der Waals surface area contributed by atoms with Gasteiger partial charge in [0.25, 0.3) is 0 Å². The van der Waals surface area contributed by atoms with E-state index in [2.05, 4.69) is 51.8 Å². The number of benzene rings is 1. The van der Waals surface area contributed by atoms with Crippen molar-refractivity contribution in [3.8, 4) is 17.9 Å². The lowest BCUT2D eigenvalue weighted by molar-refractivity contribution is 0.358. The Morgan fingerprint density at radius 2 is 1.83 bits per heavy atom. The van der Waals surface area contributed by atoms with Crippen molar-refractivity contribution in [2.75, 3.05) is 6.61 Å². The van der Waals surface area contributed by atoms with Crippen LogP contribution in [0.5, 0.6) is 5.75 Å². The van der Waals surface area contributed by atoms with Crippen molar-refractivity contribution in [1.82, 2.24) is 0 Å². The molecule has 0 aliphatic heterocycles. The van der Waals surface area contributed by atoms with Gasteiger partial charge in [-0.1, -0.05) is 12.7 Å². The lowest BCUT2D eigenvalue weighted by atomic mass is 10.1. The summed E-state index contributed by atoms with van der Waals surface area (Å²) in [6, 6.07) is 7.42. The van der Waals surface area contributed by atoms with E-state index in [0.717, 1.165) is 18.5 Å². The minimum Gasteiger partial charge on any atom is -0.487 e. The highest BCUT2D eigenvalue weighted by Crippen LogP contribution is 2.29. The van der Waals surface area contributed by atoms with Gasteiger partial charge in [-0.05, 0) is 69.0 Å². The van der Waals surface area contributed by atoms with Gasteiger partial charge in [0, 0.05) is 0 Å². The third kappa shape index (κ3) is 4.00. The van der Waals surface area contributed by atoms with Crippen molar-refractivity contribution in [2.24, 2.45) is 0 Å². The van der Waals surface area contributed by atoms with E-state index in [1.807, 2.05) is 24.3 Å². The number of halogens is 2. The number of nitrogens with zero attached hydrogens (tertiary/aromatic N) is 2. The molecule has 5 heteroatoms. The molecule has 0 bridgehead atoms. The van der Waals surface area contributed by atoms with E-state index < -0.39 is 0 Å². The molecule has 0 aliphatic rings. The molecule has 0 saturated heterocycles. The van der Waals surface area contributed by atoms with Crippen molar-refractivity contribution < 1.29 is 4.74 Å². The lowest BCUT2D eigenvalue weighted by Gasteiger charge is -2.09. The number of allylic oxidation sites excluding steroid dienone is 1. The summed E-state index contributed by atoms with van der Waals surface area (Å²) in [6.45, 7) is 4.05. The number of hydrogen-bond donors (Lipinski definition) is 0. The predicted octanol–water partition coefficient (Wildman–Crippen LogP) is 3.89. The Kier molecular flexibility index (Phi) is 6.16. The zero-order valence-electron chi connectivity index (χ0n) is 9.28. The van der Waals surface area contributed by atoms with Gasteiger partial charge in [-0.15, -0.1) is 0 Å². The van der Waals surface area contributed by atoms with Crippen LogP contribution in [0, 0.1) is 29.8 Å². The van der Waals surface area contributed by atoms with Crippen LogP contribution in [0.3, 0.4) is 0 Å². The van der Waals surface area contributed by atoms with Gasteiger partial charge in [-0.2, -0.15) is 10.5 Å². The minimum atomic E-state index is 0.0846. The first kappa shape index (κ1) is 15.0. The normalized spacial score (nSPS) is 8.89. The molecular weight excluding hydrogens is 454 g/mol. The maximum Gasteiger partial charge on any atom is 0.146 e. The molecule has 0 fully saturated rings. The Labute approximate surface area is 133 Å². The van der Waals surface area contributed by atoms with Crippen LogP contribution >= 0.6 is 45.2 Å². The number of ether oxygens (including phenoxy) is 1. The number of nitriles is 2. The van der Waals surface area contributed by atoms with E-state index in [9.17, 15) is 0 Å². The van der Waals surface area contributed by atoms with Gasteiger partial charge in [-0.3, -0.25) is 0 Å². The van der Waals surface area contributed by atoms with E-state index in [0.29, 0.717) is 6.61 Å². The molecular formula is C13H8I2N2O. The molecule has 0 atom stereocenters. The minimum absolute atomic E-state index is 0.0846. The Morgan fingerprint density at radius 3 is 2.28 bits per heavy atom. The highest BCUT2D eigenvalue weighted by atomic mass is 127. The van der Waals surface area contributed by atoms with Gasteiger partial charge >= 0.3 is 0 Å². The molecule has 1 aromatic rings. The van der Waals surface area contributed by atoms with Crippen LogP contribution in [0.2, 0.25) is 0 Å². The van der Waals surface area contributed by atoms with Crippen molar-refractivity contribution in [3.05, 3.63) is 43.1 Å². The summed E-state index contributed by atoms with van der Waals surface area (Å²) >= 11 is 4.33. The lowest BCUT2D eigenvalue weighted by Crippen LogP contribution is -1.98. The smallest absolute Gasteiger partial charge is 0.146 e. The van der Waals surface area contributed by atoms with Crippen LogP contribution < -0.4 is 4.74 Å². The molecule has 0 heterocycles. The quantitative estimate of drug-likeness (QED) is 0.388. The second-order valence-electron chi connectivity index (χ2n) is 3.19. The summed E-state index contributed by atoms with van der Waals surface area (Å²) in [7, 11) is 0. The second-order valence-corrected chi connectivity index (χ2v) is 5.52. The van der Waals surface area contributed by atoms with Crippen LogP contribution in [-0.2, 0) is 0 Å². The fourth-order valence-corrected chi connectivity index (χ4v) is 3.33. The van der Waals surface area contributed by atoms with Crippen LogP contribution in [0.1, 0.15) is 5.56 Å². The highest BCUT2D eigenvalue weighted by molar-refractivity contribution is 14.1. The summed E-state index contributed by atoms with van der Waals surface area (Å²) in [5, 5.41) is 17.4. The molecule has 0 saturated carbocycles. The van der Waals surface area contributed by atoms with Crippen molar-refractivity contribution in [2.45, 2.75) is 0 Å². The molecule has 3 nitrogen and oxygen atoms in total. The molecule has 0 N–H and O–H groups in total. The maximum absolute atomic E-state index is 8.72. The molecule has 1 aromatic carbocycles. The topological polar surface area (TPSA) is 56.8 Å². The number of rotatable bonds is 4. The van der Waals surface area contributed by atoms with Gasteiger partial charge in [0.1, 0.15) is 30.1 Å². The first-order chi connectivity index (χ1) is 8.62. The Hall–Kier alpha value is -1.06. The average molecular weight is 462 g/mol. The van der Waals surface area contributed by atoms with E-state index >= 15 is 0 Å². The molecule has 0 aromatic heterocycles. The molecule has 0 spiro atoms. The second kappa shape index (κ2) is 7.39. The van der Waals surface area contributed by atoms with Gasteiger partial charge in [-0.25, -0.2) is 0 Å². The van der Waals surface area contributed by atoms with Crippen LogP contribution in [-0.4, -0.2) is 6.61 Å². The average Bonchev–Trinajstić information content (AvgIpc) is 2.35. The standard InChI is InChI=1S/C13H8I2N2O/c1-2-3-18-13-11(14)5-9(6-12(13)15)4-10(7-16)8-17/h2,4-6H,1,3H2. The maximum atomic E-state index is 8.72. The van der Waals surface area contributed by atoms with E-state index in [1.165, 1.54) is 0 Å². The zero-order chi connectivity index (χ0) is 13.5. The summed E-state index contributed by atoms with van der Waals surface area (Å²) in [4.78, 5) is 0. The largest absolute Gasteiger partial charge is 0.487 e. The first-order valence-corrected chi connectivity index (χ1v) is 7.02. The van der Waals surface area contributed by atoms with E-state index in [-0.39, 0.29) is 5.57 Å². The van der Waals surface area contributed by atoms with Crippen molar-refractivity contribution in [1.29, 1.82) is 10.5 Å². The van der Waals surface area contributed by atoms with Gasteiger partial charge in [0.15, 0.2) is 0 Å². The number of hydrogen-bond acceptors (Lipinski definition) is 3. The summed E-state index contributed by atoms with van der Waals surface area (Å²) in [5.41, 5.74) is 0.897. The summed E-state index contributed by atoms with van der Waals surface area (Å²) in [6.07, 6.45) is 3.24. The Balaban J connectivity index is 3.15. The molecule has 18 heavy (non-hydrogen) atoms. The predicted molar refractivity (Wildman–Crippen MR) is 86.8 cm³/mol. The van der Waals surface area contributed by atoms with E-state index in [4.69, 9.17) is 15.3 Å². The molecule has 1 rings (SSSR count). The molecule has 0 amide bonds. The van der Waals surface area contributed by atoms with Crippen molar-refractivity contribution in [3.63, 3.8) is 0 Å². The van der Waals surface area contributed by atoms with Crippen LogP contribution in [0.25, 0.3) is 6.08 Å². The molecule has 0 aliphatic carbocycles. The summed E-state index contributed by atoms with van der Waals surface area (Å²) in [5.74, 6) is 0.795. The van der Waals surface area contributed by atoms with Crippen LogP contribution in [0.15, 0.2) is 30.4 Å². The van der Waals surface area contributed by atoms with Gasteiger partial charge in [0.2, 0.25) is 0 Å².